The molecule has 0 aliphatic rings. The molecule has 0 amide bonds. The summed E-state index contributed by atoms with van der Waals surface area (Å²) in [5.41, 5.74) is 4.29. The number of nitro benzene ring substituents is 1. The van der Waals surface area contributed by atoms with Crippen LogP contribution in [0, 0.1) is 15.9 Å². The van der Waals surface area contributed by atoms with E-state index in [0.29, 0.717) is 6.07 Å². The molecule has 0 spiro atoms. The van der Waals surface area contributed by atoms with Gasteiger partial charge in [-0.3, -0.25) is 10.1 Å². The van der Waals surface area contributed by atoms with Crippen molar-refractivity contribution >= 4 is 15.7 Å². The van der Waals surface area contributed by atoms with Gasteiger partial charge < -0.3 is 5.73 Å². The van der Waals surface area contributed by atoms with Crippen molar-refractivity contribution in [2.24, 2.45) is 5.73 Å². The van der Waals surface area contributed by atoms with Gasteiger partial charge in [0.2, 0.25) is 15.8 Å². The fourth-order valence-corrected chi connectivity index (χ4v) is 2.22. The van der Waals surface area contributed by atoms with Crippen molar-refractivity contribution in [3.63, 3.8) is 0 Å². The topological polar surface area (TPSA) is 115 Å². The lowest BCUT2D eigenvalue weighted by Crippen LogP contribution is -2.24. The molecule has 1 aromatic carbocycles. The lowest BCUT2D eigenvalue weighted by atomic mass is 10.3. The van der Waals surface area contributed by atoms with Crippen molar-refractivity contribution in [2.45, 2.75) is 4.90 Å². The summed E-state index contributed by atoms with van der Waals surface area (Å²) in [4.78, 5) is 9.17. The van der Waals surface area contributed by atoms with Gasteiger partial charge in [-0.1, -0.05) is 12.2 Å². The van der Waals surface area contributed by atoms with E-state index in [2.05, 4.69) is 4.72 Å². The third-order valence-electron chi connectivity index (χ3n) is 2.12. The number of nitrogens with one attached hydrogen (secondary N) is 1. The van der Waals surface area contributed by atoms with E-state index in [1.54, 1.807) is 6.08 Å². The first kappa shape index (κ1) is 15.2. The Kier molecular flexibility index (Phi) is 5.10. The number of sulfonamides is 1. The number of hydrogen-bond donors (Lipinski definition) is 2. The first-order valence-electron chi connectivity index (χ1n) is 5.17. The third-order valence-corrected chi connectivity index (χ3v) is 3.54. The van der Waals surface area contributed by atoms with Crippen LogP contribution >= 0.6 is 0 Å². The van der Waals surface area contributed by atoms with E-state index in [1.165, 1.54) is 6.08 Å². The highest BCUT2D eigenvalue weighted by Crippen LogP contribution is 2.21. The van der Waals surface area contributed by atoms with Gasteiger partial charge >= 0.3 is 5.69 Å². The predicted octanol–water partition coefficient (Wildman–Crippen LogP) is 0.527. The maximum absolute atomic E-state index is 13.1. The van der Waals surface area contributed by atoms with E-state index < -0.39 is 26.5 Å². The van der Waals surface area contributed by atoms with Crippen LogP contribution in [0.3, 0.4) is 0 Å². The van der Waals surface area contributed by atoms with E-state index >= 15 is 0 Å². The zero-order chi connectivity index (χ0) is 14.5. The Morgan fingerprint density at radius 1 is 1.42 bits per heavy atom. The molecule has 9 heteroatoms. The molecule has 0 radical (unpaired) electrons. The molecule has 0 saturated carbocycles. The minimum atomic E-state index is -3.93. The summed E-state index contributed by atoms with van der Waals surface area (Å²) in [5, 5.41) is 10.5. The first-order valence-corrected chi connectivity index (χ1v) is 6.65. The molecule has 0 heterocycles. The molecule has 1 aromatic rings. The van der Waals surface area contributed by atoms with Crippen LogP contribution in [0.2, 0.25) is 0 Å². The zero-order valence-corrected chi connectivity index (χ0v) is 10.6. The quantitative estimate of drug-likeness (QED) is 0.450. The molecule has 7 nitrogen and oxygen atoms in total. The fourth-order valence-electron chi connectivity index (χ4n) is 1.22. The van der Waals surface area contributed by atoms with Gasteiger partial charge in [-0.05, 0) is 12.1 Å². The first-order chi connectivity index (χ1) is 8.88. The molecule has 0 aliphatic carbocycles. The Balaban J connectivity index is 2.99. The standard InChI is InChI=1S/C10H12FN3O4S/c11-9-4-3-8(7-10(9)14(15)16)19(17,18)13-6-2-1-5-12/h1-4,7,13H,5-6,12H2/b2-1+. The van der Waals surface area contributed by atoms with Gasteiger partial charge in [0.1, 0.15) is 0 Å². The van der Waals surface area contributed by atoms with E-state index in [0.717, 1.165) is 12.1 Å². The van der Waals surface area contributed by atoms with Crippen LogP contribution in [0.25, 0.3) is 0 Å². The molecule has 3 N–H and O–H groups in total. The van der Waals surface area contributed by atoms with Crippen LogP contribution in [0.5, 0.6) is 0 Å². The van der Waals surface area contributed by atoms with Crippen molar-refractivity contribution in [1.29, 1.82) is 0 Å². The minimum absolute atomic E-state index is 0.00922. The Morgan fingerprint density at radius 2 is 2.11 bits per heavy atom. The molecule has 19 heavy (non-hydrogen) atoms. The number of benzene rings is 1. The Morgan fingerprint density at radius 3 is 2.68 bits per heavy atom. The molecule has 0 bridgehead atoms. The van der Waals surface area contributed by atoms with Gasteiger partial charge in [-0.25, -0.2) is 13.1 Å². The molecular weight excluding hydrogens is 277 g/mol. The number of nitro groups is 1. The van der Waals surface area contributed by atoms with Crippen molar-refractivity contribution in [3.8, 4) is 0 Å². The summed E-state index contributed by atoms with van der Waals surface area (Å²) < 4.78 is 38.8. The van der Waals surface area contributed by atoms with E-state index in [9.17, 15) is 22.9 Å². The predicted molar refractivity (Wildman–Crippen MR) is 66.4 cm³/mol. The van der Waals surface area contributed by atoms with Gasteiger partial charge in [0.25, 0.3) is 0 Å². The summed E-state index contributed by atoms with van der Waals surface area (Å²) in [6.07, 6.45) is 3.05. The second-order valence-electron chi connectivity index (χ2n) is 3.43. The second kappa shape index (κ2) is 6.36. The lowest BCUT2D eigenvalue weighted by Gasteiger charge is -2.04. The lowest BCUT2D eigenvalue weighted by molar-refractivity contribution is -0.387. The number of halogens is 1. The average molecular weight is 289 g/mol. The van der Waals surface area contributed by atoms with Crippen molar-refractivity contribution in [2.75, 3.05) is 13.1 Å². The second-order valence-corrected chi connectivity index (χ2v) is 5.20. The summed E-state index contributed by atoms with van der Waals surface area (Å²) in [5.74, 6) is -1.09. The molecule has 0 aromatic heterocycles. The van der Waals surface area contributed by atoms with Crippen LogP contribution in [-0.2, 0) is 10.0 Å². The number of rotatable bonds is 6. The minimum Gasteiger partial charge on any atom is -0.327 e. The van der Waals surface area contributed by atoms with Crippen molar-refractivity contribution in [1.82, 2.24) is 4.72 Å². The van der Waals surface area contributed by atoms with Crippen LogP contribution in [0.15, 0.2) is 35.2 Å². The van der Waals surface area contributed by atoms with Crippen molar-refractivity contribution < 1.29 is 17.7 Å². The van der Waals surface area contributed by atoms with E-state index in [-0.39, 0.29) is 18.0 Å². The van der Waals surface area contributed by atoms with Crippen LogP contribution < -0.4 is 10.5 Å². The SMILES string of the molecule is NC/C=C/CNS(=O)(=O)c1ccc(F)c([N+](=O)[O-])c1. The fraction of sp³-hybridized carbons (Fsp3) is 0.200. The molecule has 0 atom stereocenters. The summed E-state index contributed by atoms with van der Waals surface area (Å²) in [6, 6.07) is 2.37. The summed E-state index contributed by atoms with van der Waals surface area (Å²) in [7, 11) is -3.93. The molecule has 0 aliphatic heterocycles. The Bertz CT molecular complexity index is 601. The normalized spacial score (nSPS) is 11.9. The van der Waals surface area contributed by atoms with E-state index in [4.69, 9.17) is 5.73 Å². The largest absolute Gasteiger partial charge is 0.327 e. The van der Waals surface area contributed by atoms with Crippen LogP contribution in [0.1, 0.15) is 0 Å². The highest BCUT2D eigenvalue weighted by Gasteiger charge is 2.20. The van der Waals surface area contributed by atoms with Gasteiger partial charge in [-0.15, -0.1) is 0 Å². The molecule has 104 valence electrons. The zero-order valence-electron chi connectivity index (χ0n) is 9.74. The third kappa shape index (κ3) is 4.09. The molecule has 0 saturated heterocycles. The molecular formula is C10H12FN3O4S. The Labute approximate surface area is 109 Å². The van der Waals surface area contributed by atoms with Crippen LogP contribution in [-0.4, -0.2) is 26.4 Å². The molecule has 1 rings (SSSR count). The summed E-state index contributed by atoms with van der Waals surface area (Å²) in [6.45, 7) is 0.258. The maximum Gasteiger partial charge on any atom is 0.306 e. The van der Waals surface area contributed by atoms with Gasteiger partial charge in [0.15, 0.2) is 0 Å². The van der Waals surface area contributed by atoms with Gasteiger partial charge in [0, 0.05) is 19.2 Å². The maximum atomic E-state index is 13.1. The molecule has 0 fully saturated rings. The van der Waals surface area contributed by atoms with Gasteiger partial charge in [0.05, 0.1) is 9.82 Å². The average Bonchev–Trinajstić information content (AvgIpc) is 2.34. The van der Waals surface area contributed by atoms with Gasteiger partial charge in [-0.2, -0.15) is 4.39 Å². The van der Waals surface area contributed by atoms with Crippen molar-refractivity contribution in [3.05, 3.63) is 46.3 Å². The summed E-state index contributed by atoms with van der Waals surface area (Å²) >= 11 is 0. The monoisotopic (exact) mass is 289 g/mol. The highest BCUT2D eigenvalue weighted by molar-refractivity contribution is 7.89. The number of nitrogens with two attached hydrogens (primary N) is 1. The van der Waals surface area contributed by atoms with Crippen LogP contribution in [0.4, 0.5) is 10.1 Å². The number of nitrogens with zero attached hydrogens (tertiary/aromatic N) is 1. The molecule has 0 unspecified atom stereocenters. The van der Waals surface area contributed by atoms with E-state index in [1.807, 2.05) is 0 Å². The highest BCUT2D eigenvalue weighted by atomic mass is 32.2. The smallest absolute Gasteiger partial charge is 0.306 e. The Hall–Kier alpha value is -1.84. The number of hydrogen-bond acceptors (Lipinski definition) is 5.